The summed E-state index contributed by atoms with van der Waals surface area (Å²) >= 11 is 0. The van der Waals surface area contributed by atoms with Gasteiger partial charge in [0.25, 0.3) is 0 Å². The van der Waals surface area contributed by atoms with E-state index in [9.17, 15) is 9.18 Å². The van der Waals surface area contributed by atoms with Crippen molar-refractivity contribution in [3.05, 3.63) is 66.0 Å². The van der Waals surface area contributed by atoms with Crippen LogP contribution in [0.25, 0.3) is 0 Å². The van der Waals surface area contributed by atoms with Crippen molar-refractivity contribution >= 4 is 11.7 Å². The number of rotatable bonds is 3. The lowest BCUT2D eigenvalue weighted by Crippen LogP contribution is -2.33. The van der Waals surface area contributed by atoms with Crippen LogP contribution in [0.4, 0.5) is 14.9 Å². The number of halogens is 1. The normalized spacial score (nSPS) is 11.8. The van der Waals surface area contributed by atoms with Gasteiger partial charge in [0.15, 0.2) is 0 Å². The Hall–Kier alpha value is -2.36. The molecule has 0 aliphatic heterocycles. The van der Waals surface area contributed by atoms with E-state index in [1.54, 1.807) is 24.1 Å². The molecule has 0 saturated carbocycles. The van der Waals surface area contributed by atoms with Gasteiger partial charge in [-0.2, -0.15) is 0 Å². The first kappa shape index (κ1) is 14.1. The summed E-state index contributed by atoms with van der Waals surface area (Å²) in [4.78, 5) is 13.7. The summed E-state index contributed by atoms with van der Waals surface area (Å²) in [6.07, 6.45) is 0. The zero-order valence-electron chi connectivity index (χ0n) is 11.5. The fourth-order valence-corrected chi connectivity index (χ4v) is 1.90. The maximum absolute atomic E-state index is 13.5. The van der Waals surface area contributed by atoms with Gasteiger partial charge >= 0.3 is 6.03 Å². The van der Waals surface area contributed by atoms with Gasteiger partial charge < -0.3 is 10.2 Å². The molecule has 20 heavy (non-hydrogen) atoms. The molecule has 3 nitrogen and oxygen atoms in total. The summed E-state index contributed by atoms with van der Waals surface area (Å²) in [5.41, 5.74) is 1.21. The van der Waals surface area contributed by atoms with Gasteiger partial charge in [0.1, 0.15) is 5.82 Å². The molecular weight excluding hydrogens is 255 g/mol. The summed E-state index contributed by atoms with van der Waals surface area (Å²) in [5, 5.41) is 2.57. The molecule has 0 aliphatic carbocycles. The minimum Gasteiger partial charge on any atom is -0.321 e. The van der Waals surface area contributed by atoms with E-state index in [2.05, 4.69) is 5.32 Å². The van der Waals surface area contributed by atoms with E-state index in [1.165, 1.54) is 12.1 Å². The molecule has 0 heterocycles. The van der Waals surface area contributed by atoms with Crippen molar-refractivity contribution in [2.75, 3.05) is 12.4 Å². The number of anilines is 1. The third kappa shape index (κ3) is 3.15. The molecule has 0 saturated heterocycles. The third-order valence-corrected chi connectivity index (χ3v) is 3.30. The van der Waals surface area contributed by atoms with Crippen LogP contribution in [0.3, 0.4) is 0 Å². The van der Waals surface area contributed by atoms with E-state index < -0.39 is 5.82 Å². The first-order valence-electron chi connectivity index (χ1n) is 6.43. The van der Waals surface area contributed by atoms with Crippen LogP contribution >= 0.6 is 0 Å². The number of amides is 2. The van der Waals surface area contributed by atoms with E-state index in [-0.39, 0.29) is 17.8 Å². The quantitative estimate of drug-likeness (QED) is 0.898. The summed E-state index contributed by atoms with van der Waals surface area (Å²) in [5.74, 6) is -0.443. The average molecular weight is 272 g/mol. The van der Waals surface area contributed by atoms with Crippen molar-refractivity contribution in [2.24, 2.45) is 0 Å². The van der Waals surface area contributed by atoms with Gasteiger partial charge in [0.05, 0.1) is 11.7 Å². The summed E-state index contributed by atoms with van der Waals surface area (Å²) in [6, 6.07) is 15.4. The largest absolute Gasteiger partial charge is 0.322 e. The number of hydrogen-bond donors (Lipinski definition) is 1. The van der Waals surface area contributed by atoms with Gasteiger partial charge in [-0.05, 0) is 24.6 Å². The van der Waals surface area contributed by atoms with E-state index in [1.807, 2.05) is 37.3 Å². The highest BCUT2D eigenvalue weighted by molar-refractivity contribution is 5.89. The topological polar surface area (TPSA) is 32.3 Å². The minimum absolute atomic E-state index is 0.0945. The second-order valence-corrected chi connectivity index (χ2v) is 4.61. The summed E-state index contributed by atoms with van der Waals surface area (Å²) < 4.78 is 13.5. The molecule has 0 aliphatic rings. The molecule has 4 heteroatoms. The molecule has 1 N–H and O–H groups in total. The Morgan fingerprint density at radius 1 is 1.10 bits per heavy atom. The second kappa shape index (κ2) is 6.19. The van der Waals surface area contributed by atoms with E-state index in [4.69, 9.17) is 0 Å². The van der Waals surface area contributed by atoms with Crippen LogP contribution in [0.15, 0.2) is 54.6 Å². The lowest BCUT2D eigenvalue weighted by Gasteiger charge is -2.25. The first-order chi connectivity index (χ1) is 9.59. The number of urea groups is 1. The maximum atomic E-state index is 13.5. The van der Waals surface area contributed by atoms with Gasteiger partial charge in [-0.15, -0.1) is 0 Å². The smallest absolute Gasteiger partial charge is 0.321 e. The first-order valence-corrected chi connectivity index (χ1v) is 6.43. The molecule has 0 fully saturated rings. The van der Waals surface area contributed by atoms with Crippen LogP contribution < -0.4 is 5.32 Å². The Kier molecular flexibility index (Phi) is 4.35. The molecule has 1 unspecified atom stereocenters. The number of para-hydroxylation sites is 1. The Morgan fingerprint density at radius 3 is 2.35 bits per heavy atom. The van der Waals surface area contributed by atoms with Crippen molar-refractivity contribution in [3.63, 3.8) is 0 Å². The molecule has 0 spiro atoms. The molecule has 2 amide bonds. The fraction of sp³-hybridized carbons (Fsp3) is 0.188. The maximum Gasteiger partial charge on any atom is 0.322 e. The van der Waals surface area contributed by atoms with Crippen molar-refractivity contribution < 1.29 is 9.18 Å². The second-order valence-electron chi connectivity index (χ2n) is 4.61. The standard InChI is InChI=1S/C16H17FN2O/c1-12(13-8-4-3-5-9-13)19(2)16(20)18-15-11-7-6-10-14(15)17/h3-12H,1-2H3,(H,18,20). The Bertz CT molecular complexity index is 586. The van der Waals surface area contributed by atoms with Crippen LogP contribution in [0.5, 0.6) is 0 Å². The molecule has 104 valence electrons. The highest BCUT2D eigenvalue weighted by Crippen LogP contribution is 2.20. The van der Waals surface area contributed by atoms with Gasteiger partial charge in [-0.25, -0.2) is 9.18 Å². The molecule has 2 aromatic rings. The number of hydrogen-bond acceptors (Lipinski definition) is 1. The zero-order valence-corrected chi connectivity index (χ0v) is 11.5. The van der Waals surface area contributed by atoms with Crippen LogP contribution in [0.1, 0.15) is 18.5 Å². The SMILES string of the molecule is CC(c1ccccc1)N(C)C(=O)Nc1ccccc1F. The van der Waals surface area contributed by atoms with Gasteiger partial charge in [-0.1, -0.05) is 42.5 Å². The van der Waals surface area contributed by atoms with Crippen LogP contribution in [0, 0.1) is 5.82 Å². The lowest BCUT2D eigenvalue weighted by molar-refractivity contribution is 0.208. The number of carbonyl (C=O) groups is 1. The predicted octanol–water partition coefficient (Wildman–Crippen LogP) is 4.05. The van der Waals surface area contributed by atoms with E-state index >= 15 is 0 Å². The predicted molar refractivity (Wildman–Crippen MR) is 78.0 cm³/mol. The zero-order chi connectivity index (χ0) is 14.5. The minimum atomic E-state index is -0.443. The van der Waals surface area contributed by atoms with Crippen LogP contribution in [-0.2, 0) is 0 Å². The summed E-state index contributed by atoms with van der Waals surface area (Å²) in [6.45, 7) is 1.93. The van der Waals surface area contributed by atoms with Gasteiger partial charge in [0.2, 0.25) is 0 Å². The highest BCUT2D eigenvalue weighted by atomic mass is 19.1. The van der Waals surface area contributed by atoms with Crippen LogP contribution in [-0.4, -0.2) is 18.0 Å². The van der Waals surface area contributed by atoms with Crippen molar-refractivity contribution in [1.29, 1.82) is 0 Å². The molecular formula is C16H17FN2O. The molecule has 0 aromatic heterocycles. The van der Waals surface area contributed by atoms with Crippen LogP contribution in [0.2, 0.25) is 0 Å². The number of nitrogens with zero attached hydrogens (tertiary/aromatic N) is 1. The third-order valence-electron chi connectivity index (χ3n) is 3.30. The Morgan fingerprint density at radius 2 is 1.70 bits per heavy atom. The van der Waals surface area contributed by atoms with Crippen molar-refractivity contribution in [1.82, 2.24) is 4.90 Å². The molecule has 2 aromatic carbocycles. The molecule has 2 rings (SSSR count). The number of carbonyl (C=O) groups excluding carboxylic acids is 1. The van der Waals surface area contributed by atoms with Crippen molar-refractivity contribution in [2.45, 2.75) is 13.0 Å². The number of nitrogens with one attached hydrogen (secondary N) is 1. The van der Waals surface area contributed by atoms with E-state index in [0.29, 0.717) is 0 Å². The summed E-state index contributed by atoms with van der Waals surface area (Å²) in [7, 11) is 1.69. The van der Waals surface area contributed by atoms with Gasteiger partial charge in [-0.3, -0.25) is 0 Å². The monoisotopic (exact) mass is 272 g/mol. The van der Waals surface area contributed by atoms with E-state index in [0.717, 1.165) is 5.56 Å². The lowest BCUT2D eigenvalue weighted by atomic mass is 10.1. The highest BCUT2D eigenvalue weighted by Gasteiger charge is 2.17. The average Bonchev–Trinajstić information content (AvgIpc) is 2.49. The van der Waals surface area contributed by atoms with Crippen molar-refractivity contribution in [3.8, 4) is 0 Å². The number of benzene rings is 2. The molecule has 0 bridgehead atoms. The fourth-order valence-electron chi connectivity index (χ4n) is 1.90. The Balaban J connectivity index is 2.08. The molecule has 0 radical (unpaired) electrons. The Labute approximate surface area is 118 Å². The van der Waals surface area contributed by atoms with Gasteiger partial charge in [0, 0.05) is 7.05 Å². The molecule has 1 atom stereocenters.